The highest BCUT2D eigenvalue weighted by molar-refractivity contribution is 7.90. The molecule has 0 heterocycles. The Bertz CT molecular complexity index is 747. The zero-order valence-electron chi connectivity index (χ0n) is 16.7. The smallest absolute Gasteiger partial charge is 0.416 e. The number of nitrogens with one attached hydrogen (secondary N) is 2. The minimum Gasteiger partial charge on any atom is -0.598 e. The molecule has 0 aliphatic rings. The van der Waals surface area contributed by atoms with Crippen LogP contribution >= 0.6 is 0 Å². The van der Waals surface area contributed by atoms with Crippen molar-refractivity contribution in [2.45, 2.75) is 64.1 Å². The monoisotopic (exact) mass is 418 g/mol. The van der Waals surface area contributed by atoms with E-state index in [4.69, 9.17) is 11.2 Å². The number of ether oxygens (including phenoxy) is 1. The van der Waals surface area contributed by atoms with E-state index in [2.05, 4.69) is 16.0 Å². The van der Waals surface area contributed by atoms with Gasteiger partial charge in [0.1, 0.15) is 16.4 Å². The van der Waals surface area contributed by atoms with E-state index < -0.39 is 45.6 Å². The molecule has 5 nitrogen and oxygen atoms in total. The Morgan fingerprint density at radius 1 is 1.18 bits per heavy atom. The summed E-state index contributed by atoms with van der Waals surface area (Å²) < 4.78 is 59.2. The summed E-state index contributed by atoms with van der Waals surface area (Å²) in [5.74, 6) is 2.30. The molecule has 2 atom stereocenters. The molecule has 0 saturated carbocycles. The Balaban J connectivity index is 3.27. The molecular formula is C19H25F3N2O3S. The third-order valence-electron chi connectivity index (χ3n) is 3.21. The van der Waals surface area contributed by atoms with Crippen molar-refractivity contribution in [2.75, 3.05) is 5.32 Å². The summed E-state index contributed by atoms with van der Waals surface area (Å²) in [6.07, 6.45) is -0.116. The lowest BCUT2D eigenvalue weighted by Crippen LogP contribution is -2.41. The van der Waals surface area contributed by atoms with Gasteiger partial charge in [-0.25, -0.2) is 4.79 Å². The van der Waals surface area contributed by atoms with E-state index in [1.54, 1.807) is 41.5 Å². The van der Waals surface area contributed by atoms with Gasteiger partial charge in [0.25, 0.3) is 0 Å². The average Bonchev–Trinajstić information content (AvgIpc) is 2.48. The quantitative estimate of drug-likeness (QED) is 0.545. The molecule has 1 rings (SSSR count). The Labute approximate surface area is 166 Å². The number of terminal acetylenes is 1. The molecular weight excluding hydrogens is 393 g/mol. The van der Waals surface area contributed by atoms with Gasteiger partial charge in [0.15, 0.2) is 0 Å². The van der Waals surface area contributed by atoms with Crippen molar-refractivity contribution < 1.29 is 27.3 Å². The van der Waals surface area contributed by atoms with E-state index >= 15 is 0 Å². The first-order valence-corrected chi connectivity index (χ1v) is 9.54. The minimum atomic E-state index is -4.66. The molecule has 0 bridgehead atoms. The van der Waals surface area contributed by atoms with Crippen LogP contribution in [0.25, 0.3) is 0 Å². The molecule has 156 valence electrons. The highest BCUT2D eigenvalue weighted by Gasteiger charge is 2.34. The van der Waals surface area contributed by atoms with Crippen molar-refractivity contribution in [3.63, 3.8) is 0 Å². The van der Waals surface area contributed by atoms with Crippen LogP contribution in [0.1, 0.15) is 58.7 Å². The fraction of sp³-hybridized carbons (Fsp3) is 0.526. The number of halogens is 3. The van der Waals surface area contributed by atoms with Gasteiger partial charge in [0, 0.05) is 17.0 Å². The standard InChI is InChI=1S/C19H25F3N2O3S/c1-8-15(24-28(26)18(5,6)7)12-9-13(19(20,21)22)11-14(10-12)23-16(25)27-17(2,3)4/h1,9-11,15,24H,2-7H3,(H,23,25)/t15-,28?/m1/s1. The largest absolute Gasteiger partial charge is 0.598 e. The molecule has 0 spiro atoms. The minimum absolute atomic E-state index is 0.0426. The number of amides is 1. The van der Waals surface area contributed by atoms with Crippen molar-refractivity contribution in [1.82, 2.24) is 4.72 Å². The van der Waals surface area contributed by atoms with E-state index in [1.807, 2.05) is 0 Å². The third-order valence-corrected chi connectivity index (χ3v) is 4.77. The molecule has 1 unspecified atom stereocenters. The lowest BCUT2D eigenvalue weighted by Gasteiger charge is -2.26. The lowest BCUT2D eigenvalue weighted by molar-refractivity contribution is -0.137. The summed E-state index contributed by atoms with van der Waals surface area (Å²) in [6, 6.07) is 1.87. The van der Waals surface area contributed by atoms with Gasteiger partial charge >= 0.3 is 12.3 Å². The molecule has 0 aliphatic heterocycles. The van der Waals surface area contributed by atoms with E-state index in [9.17, 15) is 22.5 Å². The number of hydrogen-bond acceptors (Lipinski definition) is 4. The highest BCUT2D eigenvalue weighted by Crippen LogP contribution is 2.34. The lowest BCUT2D eigenvalue weighted by atomic mass is 10.0. The zero-order chi connectivity index (χ0) is 21.9. The predicted molar refractivity (Wildman–Crippen MR) is 104 cm³/mol. The Morgan fingerprint density at radius 2 is 1.75 bits per heavy atom. The Hall–Kier alpha value is -1.89. The molecule has 28 heavy (non-hydrogen) atoms. The van der Waals surface area contributed by atoms with Crippen molar-refractivity contribution in [3.05, 3.63) is 29.3 Å². The van der Waals surface area contributed by atoms with E-state index in [1.165, 1.54) is 6.07 Å². The second-order valence-corrected chi connectivity index (χ2v) is 10.1. The Kier molecular flexibility index (Phi) is 7.45. The van der Waals surface area contributed by atoms with Gasteiger partial charge in [0.2, 0.25) is 0 Å². The molecule has 0 aliphatic carbocycles. The topological polar surface area (TPSA) is 73.4 Å². The van der Waals surface area contributed by atoms with Crippen molar-refractivity contribution in [3.8, 4) is 12.3 Å². The first-order valence-electron chi connectivity index (χ1n) is 8.39. The number of benzene rings is 1. The average molecular weight is 418 g/mol. The number of alkyl halides is 3. The van der Waals surface area contributed by atoms with Gasteiger partial charge in [-0.2, -0.15) is 13.2 Å². The first kappa shape index (κ1) is 24.1. The first-order chi connectivity index (χ1) is 12.5. The number of carbonyl (C=O) groups excluding carboxylic acids is 1. The summed E-state index contributed by atoms with van der Waals surface area (Å²) in [5, 5.41) is 2.28. The number of carbonyl (C=O) groups is 1. The van der Waals surface area contributed by atoms with E-state index in [0.717, 1.165) is 12.1 Å². The molecule has 0 fully saturated rings. The number of rotatable bonds is 4. The van der Waals surface area contributed by atoms with Crippen molar-refractivity contribution in [2.24, 2.45) is 0 Å². The van der Waals surface area contributed by atoms with Gasteiger partial charge < -0.3 is 9.29 Å². The Morgan fingerprint density at radius 3 is 2.18 bits per heavy atom. The molecule has 0 aromatic heterocycles. The maximum Gasteiger partial charge on any atom is 0.416 e. The molecule has 1 aromatic rings. The van der Waals surface area contributed by atoms with Crippen LogP contribution in [0.4, 0.5) is 23.7 Å². The molecule has 0 saturated heterocycles. The molecule has 2 N–H and O–H groups in total. The normalized spacial score (nSPS) is 14.8. The highest BCUT2D eigenvalue weighted by atomic mass is 32.2. The fourth-order valence-electron chi connectivity index (χ4n) is 1.96. The van der Waals surface area contributed by atoms with Gasteiger partial charge in [-0.15, -0.1) is 11.1 Å². The van der Waals surface area contributed by atoms with Crippen LogP contribution in [-0.4, -0.2) is 21.0 Å². The molecule has 9 heteroatoms. The van der Waals surface area contributed by atoms with Gasteiger partial charge in [0.05, 0.1) is 5.56 Å². The van der Waals surface area contributed by atoms with Crippen LogP contribution in [0, 0.1) is 12.3 Å². The van der Waals surface area contributed by atoms with Crippen LogP contribution in [0.15, 0.2) is 18.2 Å². The summed E-state index contributed by atoms with van der Waals surface area (Å²) in [6.45, 7) is 9.99. The van der Waals surface area contributed by atoms with E-state index in [0.29, 0.717) is 0 Å². The second kappa shape index (κ2) is 8.64. The van der Waals surface area contributed by atoms with E-state index in [-0.39, 0.29) is 11.3 Å². The summed E-state index contributed by atoms with van der Waals surface area (Å²) in [5.41, 5.74) is -1.91. The third kappa shape index (κ3) is 7.62. The number of hydrogen-bond donors (Lipinski definition) is 2. The summed E-state index contributed by atoms with van der Waals surface area (Å²) >= 11 is -1.61. The maximum atomic E-state index is 13.3. The summed E-state index contributed by atoms with van der Waals surface area (Å²) in [7, 11) is 0. The van der Waals surface area contributed by atoms with Crippen molar-refractivity contribution >= 4 is 23.1 Å². The number of anilines is 1. The van der Waals surface area contributed by atoms with Crippen LogP contribution in [0.2, 0.25) is 0 Å². The second-order valence-electron chi connectivity index (χ2n) is 8.07. The fourth-order valence-corrected chi connectivity index (χ4v) is 2.73. The molecule has 1 amide bonds. The van der Waals surface area contributed by atoms with Crippen molar-refractivity contribution in [1.29, 1.82) is 0 Å². The maximum absolute atomic E-state index is 13.3. The predicted octanol–water partition coefficient (Wildman–Crippen LogP) is 4.78. The van der Waals surface area contributed by atoms with Crippen LogP contribution in [0.3, 0.4) is 0 Å². The van der Waals surface area contributed by atoms with Gasteiger partial charge in [-0.3, -0.25) is 5.32 Å². The van der Waals surface area contributed by atoms with Crippen LogP contribution in [0.5, 0.6) is 0 Å². The molecule has 0 radical (unpaired) electrons. The summed E-state index contributed by atoms with van der Waals surface area (Å²) in [4.78, 5) is 11.9. The van der Waals surface area contributed by atoms with Gasteiger partial charge in [-0.05, 0) is 65.3 Å². The SMILES string of the molecule is C#C[C@@H](N[S+]([O-])C(C)(C)C)c1cc(NC(=O)OC(C)(C)C)cc(C(F)(F)F)c1. The van der Waals surface area contributed by atoms with Crippen LogP contribution < -0.4 is 10.0 Å². The molecule has 1 aromatic carbocycles. The van der Waals surface area contributed by atoms with Crippen LogP contribution in [-0.2, 0) is 22.3 Å². The van der Waals surface area contributed by atoms with Gasteiger partial charge in [-0.1, -0.05) is 5.92 Å². The zero-order valence-corrected chi connectivity index (χ0v) is 17.5.